The van der Waals surface area contributed by atoms with E-state index in [4.69, 9.17) is 23.2 Å². The lowest BCUT2D eigenvalue weighted by Crippen LogP contribution is -2.19. The van der Waals surface area contributed by atoms with E-state index in [9.17, 15) is 0 Å². The lowest BCUT2D eigenvalue weighted by molar-refractivity contribution is 0.536. The molecule has 1 N–H and O–H groups in total. The third kappa shape index (κ3) is 3.57. The van der Waals surface area contributed by atoms with E-state index in [2.05, 4.69) is 42.2 Å². The molecule has 0 saturated carbocycles. The van der Waals surface area contributed by atoms with Gasteiger partial charge in [-0.3, -0.25) is 0 Å². The third-order valence-electron chi connectivity index (χ3n) is 3.44. The molecule has 2 aromatic rings. The number of nitrogens with one attached hydrogen (secondary N) is 1. The number of hydrogen-bond acceptors (Lipinski definition) is 1. The van der Waals surface area contributed by atoms with Crippen LogP contribution >= 0.6 is 23.2 Å². The van der Waals surface area contributed by atoms with Gasteiger partial charge in [0.15, 0.2) is 0 Å². The van der Waals surface area contributed by atoms with E-state index < -0.39 is 0 Å². The number of nitrogens with zero attached hydrogens (tertiary/aromatic N) is 1. The number of benzene rings is 1. The third-order valence-corrected chi connectivity index (χ3v) is 4.15. The van der Waals surface area contributed by atoms with Crippen LogP contribution < -0.4 is 5.32 Å². The Morgan fingerprint density at radius 3 is 2.45 bits per heavy atom. The summed E-state index contributed by atoms with van der Waals surface area (Å²) in [4.78, 5) is 0. The second kappa shape index (κ2) is 7.16. The Morgan fingerprint density at radius 2 is 1.85 bits per heavy atom. The van der Waals surface area contributed by atoms with E-state index in [1.54, 1.807) is 0 Å². The molecule has 0 amide bonds. The molecule has 1 aromatic heterocycles. The van der Waals surface area contributed by atoms with Crippen molar-refractivity contribution in [2.75, 3.05) is 6.54 Å². The van der Waals surface area contributed by atoms with Gasteiger partial charge < -0.3 is 9.88 Å². The highest BCUT2D eigenvalue weighted by atomic mass is 35.5. The van der Waals surface area contributed by atoms with E-state index in [0.717, 1.165) is 18.5 Å². The fourth-order valence-electron chi connectivity index (χ4n) is 2.37. The molecule has 0 spiro atoms. The molecule has 2 rings (SSSR count). The summed E-state index contributed by atoms with van der Waals surface area (Å²) in [6.45, 7) is 5.99. The van der Waals surface area contributed by atoms with Crippen LogP contribution in [0.1, 0.15) is 37.4 Å². The molecule has 1 unspecified atom stereocenters. The zero-order valence-corrected chi connectivity index (χ0v) is 13.4. The highest BCUT2D eigenvalue weighted by molar-refractivity contribution is 6.35. The van der Waals surface area contributed by atoms with Crippen molar-refractivity contribution in [2.45, 2.75) is 32.9 Å². The number of aromatic nitrogens is 1. The minimum atomic E-state index is 0.406. The Bertz CT molecular complexity index is 543. The quantitative estimate of drug-likeness (QED) is 0.802. The fourth-order valence-corrected chi connectivity index (χ4v) is 2.89. The molecule has 4 heteroatoms. The smallest absolute Gasteiger partial charge is 0.0499 e. The molecule has 1 atom stereocenters. The van der Waals surface area contributed by atoms with Gasteiger partial charge in [0.1, 0.15) is 0 Å². The van der Waals surface area contributed by atoms with Gasteiger partial charge in [0.05, 0.1) is 0 Å². The summed E-state index contributed by atoms with van der Waals surface area (Å²) in [6.07, 6.45) is 5.32. The van der Waals surface area contributed by atoms with Gasteiger partial charge in [0, 0.05) is 40.6 Å². The summed E-state index contributed by atoms with van der Waals surface area (Å²) in [7, 11) is 0. The van der Waals surface area contributed by atoms with Crippen molar-refractivity contribution >= 4 is 23.2 Å². The first kappa shape index (κ1) is 15.4. The molecule has 0 bridgehead atoms. The molecule has 0 aliphatic rings. The molecule has 108 valence electrons. The van der Waals surface area contributed by atoms with Crippen LogP contribution in [0.25, 0.3) is 0 Å². The summed E-state index contributed by atoms with van der Waals surface area (Å²) in [5.74, 6) is 0. The summed E-state index contributed by atoms with van der Waals surface area (Å²) in [6, 6.07) is 8.18. The fraction of sp³-hybridized carbons (Fsp3) is 0.375. The molecule has 0 saturated heterocycles. The van der Waals surface area contributed by atoms with Crippen LogP contribution in [0, 0.1) is 0 Å². The van der Waals surface area contributed by atoms with Gasteiger partial charge in [0.2, 0.25) is 0 Å². The first-order chi connectivity index (χ1) is 9.65. The Balaban J connectivity index is 2.17. The Morgan fingerprint density at radius 1 is 1.15 bits per heavy atom. The van der Waals surface area contributed by atoms with E-state index in [1.807, 2.05) is 18.2 Å². The van der Waals surface area contributed by atoms with Gasteiger partial charge in [-0.15, -0.1) is 0 Å². The predicted molar refractivity (Wildman–Crippen MR) is 86.7 cm³/mol. The van der Waals surface area contributed by atoms with Crippen LogP contribution in [0.3, 0.4) is 0 Å². The average Bonchev–Trinajstić information content (AvgIpc) is 2.89. The van der Waals surface area contributed by atoms with E-state index in [0.29, 0.717) is 22.6 Å². The number of hydrogen-bond donors (Lipinski definition) is 1. The first-order valence-corrected chi connectivity index (χ1v) is 7.73. The molecule has 0 radical (unpaired) electrons. The molecule has 2 nitrogen and oxygen atoms in total. The maximum atomic E-state index is 6.22. The molecule has 0 aliphatic heterocycles. The molecular formula is C16H20Cl2N2. The van der Waals surface area contributed by atoms with Crippen molar-refractivity contribution in [1.29, 1.82) is 0 Å². The second-order valence-corrected chi connectivity index (χ2v) is 5.65. The van der Waals surface area contributed by atoms with E-state index >= 15 is 0 Å². The topological polar surface area (TPSA) is 17.0 Å². The molecule has 1 aromatic carbocycles. The Labute approximate surface area is 130 Å². The van der Waals surface area contributed by atoms with Crippen LogP contribution in [0.2, 0.25) is 10.0 Å². The lowest BCUT2D eigenvalue weighted by Gasteiger charge is -2.14. The molecular weight excluding hydrogens is 291 g/mol. The second-order valence-electron chi connectivity index (χ2n) is 4.84. The van der Waals surface area contributed by atoms with Crippen molar-refractivity contribution in [1.82, 2.24) is 9.88 Å². The van der Waals surface area contributed by atoms with Crippen molar-refractivity contribution in [3.8, 4) is 0 Å². The molecule has 20 heavy (non-hydrogen) atoms. The maximum Gasteiger partial charge on any atom is 0.0499 e. The number of halogens is 2. The minimum absolute atomic E-state index is 0.406. The molecule has 1 heterocycles. The molecule has 0 aliphatic carbocycles. The Hall–Kier alpha value is -0.960. The van der Waals surface area contributed by atoms with Crippen LogP contribution in [-0.2, 0) is 6.54 Å². The number of rotatable bonds is 6. The van der Waals surface area contributed by atoms with E-state index in [1.165, 1.54) is 5.56 Å². The van der Waals surface area contributed by atoms with Crippen molar-refractivity contribution < 1.29 is 0 Å². The van der Waals surface area contributed by atoms with Gasteiger partial charge in [-0.05, 0) is 36.7 Å². The van der Waals surface area contributed by atoms with Gasteiger partial charge >= 0.3 is 0 Å². The van der Waals surface area contributed by atoms with Crippen LogP contribution in [-0.4, -0.2) is 11.1 Å². The van der Waals surface area contributed by atoms with Gasteiger partial charge in [-0.2, -0.15) is 0 Å². The Kier molecular flexibility index (Phi) is 5.53. The van der Waals surface area contributed by atoms with Crippen LogP contribution in [0.15, 0.2) is 36.7 Å². The monoisotopic (exact) mass is 310 g/mol. The van der Waals surface area contributed by atoms with Crippen LogP contribution in [0.4, 0.5) is 0 Å². The summed E-state index contributed by atoms with van der Waals surface area (Å²) < 4.78 is 2.13. The largest absolute Gasteiger partial charge is 0.349 e. The normalized spacial score (nSPS) is 12.6. The SMILES string of the molecule is CCNC(CC)c1ccn(Cc2c(Cl)cccc2Cl)c1. The summed E-state index contributed by atoms with van der Waals surface area (Å²) >= 11 is 12.4. The zero-order chi connectivity index (χ0) is 14.5. The highest BCUT2D eigenvalue weighted by Crippen LogP contribution is 2.26. The zero-order valence-electron chi connectivity index (χ0n) is 11.9. The minimum Gasteiger partial charge on any atom is -0.349 e. The predicted octanol–water partition coefficient (Wildman–Crippen LogP) is 4.90. The molecule has 0 fully saturated rings. The van der Waals surface area contributed by atoms with Crippen molar-refractivity contribution in [3.63, 3.8) is 0 Å². The van der Waals surface area contributed by atoms with Gasteiger partial charge in [0.25, 0.3) is 0 Å². The lowest BCUT2D eigenvalue weighted by atomic mass is 10.1. The first-order valence-electron chi connectivity index (χ1n) is 6.97. The highest BCUT2D eigenvalue weighted by Gasteiger charge is 2.11. The van der Waals surface area contributed by atoms with Gasteiger partial charge in [-0.1, -0.05) is 43.1 Å². The van der Waals surface area contributed by atoms with Crippen molar-refractivity contribution in [3.05, 3.63) is 57.8 Å². The van der Waals surface area contributed by atoms with E-state index in [-0.39, 0.29) is 0 Å². The van der Waals surface area contributed by atoms with Crippen molar-refractivity contribution in [2.24, 2.45) is 0 Å². The van der Waals surface area contributed by atoms with Crippen LogP contribution in [0.5, 0.6) is 0 Å². The standard InChI is InChI=1S/C16H20Cl2N2/c1-3-16(19-4-2)12-8-9-20(10-12)11-13-14(17)6-5-7-15(13)18/h5-10,16,19H,3-4,11H2,1-2H3. The summed E-state index contributed by atoms with van der Waals surface area (Å²) in [5.41, 5.74) is 2.27. The van der Waals surface area contributed by atoms with Gasteiger partial charge in [-0.25, -0.2) is 0 Å². The average molecular weight is 311 g/mol. The summed E-state index contributed by atoms with van der Waals surface area (Å²) in [5, 5.41) is 4.91. The maximum absolute atomic E-state index is 6.22.